The lowest BCUT2D eigenvalue weighted by Gasteiger charge is -2.14. The van der Waals surface area contributed by atoms with Crippen LogP contribution >= 0.6 is 0 Å². The molecule has 0 spiro atoms. The Balaban J connectivity index is 1.91. The summed E-state index contributed by atoms with van der Waals surface area (Å²) in [5, 5.41) is 0. The normalized spacial score (nSPS) is 12.1. The summed E-state index contributed by atoms with van der Waals surface area (Å²) in [5.74, 6) is 0.482. The van der Waals surface area contributed by atoms with Gasteiger partial charge in [0.2, 0.25) is 0 Å². The molecule has 0 heteroatoms. The molecule has 1 atom stereocenters. The van der Waals surface area contributed by atoms with Gasteiger partial charge in [-0.1, -0.05) is 92.7 Å². The molecule has 0 saturated carbocycles. The van der Waals surface area contributed by atoms with Gasteiger partial charge in [-0.2, -0.15) is 0 Å². The maximum atomic E-state index is 2.37. The first-order chi connectivity index (χ1) is 11.7. The lowest BCUT2D eigenvalue weighted by molar-refractivity contribution is 0.879. The van der Waals surface area contributed by atoms with Crippen LogP contribution in [0.2, 0.25) is 0 Å². The third-order valence-corrected chi connectivity index (χ3v) is 4.60. The summed E-state index contributed by atoms with van der Waals surface area (Å²) in [6.07, 6.45) is 4.26. The van der Waals surface area contributed by atoms with E-state index in [1.165, 1.54) is 27.8 Å². The van der Waals surface area contributed by atoms with Crippen LogP contribution in [0.25, 0.3) is 0 Å². The third kappa shape index (κ3) is 4.35. The molecule has 24 heavy (non-hydrogen) atoms. The number of hydrogen-bond donors (Lipinski definition) is 0. The summed E-state index contributed by atoms with van der Waals surface area (Å²) >= 11 is 0. The fourth-order valence-electron chi connectivity index (χ4n) is 3.11. The van der Waals surface area contributed by atoms with Gasteiger partial charge < -0.3 is 0 Å². The molecule has 0 aliphatic carbocycles. The monoisotopic (exact) mass is 313 g/mol. The third-order valence-electron chi connectivity index (χ3n) is 4.60. The zero-order valence-corrected chi connectivity index (χ0v) is 14.6. The van der Waals surface area contributed by atoms with Crippen LogP contribution in [0.15, 0.2) is 78.9 Å². The molecule has 121 valence electrons. The lowest BCUT2D eigenvalue weighted by Crippen LogP contribution is -1.99. The van der Waals surface area contributed by atoms with Crippen LogP contribution in [0, 0.1) is 6.42 Å². The summed E-state index contributed by atoms with van der Waals surface area (Å²) in [4.78, 5) is 0. The van der Waals surface area contributed by atoms with Crippen LogP contribution in [0.4, 0.5) is 0 Å². The van der Waals surface area contributed by atoms with E-state index in [4.69, 9.17) is 0 Å². The summed E-state index contributed by atoms with van der Waals surface area (Å²) in [5.41, 5.74) is 6.95. The molecule has 0 amide bonds. The Labute approximate surface area is 146 Å². The number of rotatable bonds is 6. The molecule has 0 fully saturated rings. The second-order valence-electron chi connectivity index (χ2n) is 6.53. The van der Waals surface area contributed by atoms with Crippen molar-refractivity contribution in [2.24, 2.45) is 0 Å². The van der Waals surface area contributed by atoms with Crippen LogP contribution in [0.5, 0.6) is 0 Å². The standard InChI is InChI=1S/C24H25/c1-3-19(2)24-17-22(14-20-10-6-4-7-11-20)16-23(18-24)15-21-12-8-5-9-13-21/h3-13,16-19H,14-15H2,1-2H3. The SMILES string of the molecule is C[CH]C(C)c1cc(Cc2ccccc2)cc(Cc2ccccc2)c1. The predicted octanol–water partition coefficient (Wildman–Crippen LogP) is 6.20. The van der Waals surface area contributed by atoms with Crippen LogP contribution < -0.4 is 0 Å². The Morgan fingerprint density at radius 1 is 0.667 bits per heavy atom. The van der Waals surface area contributed by atoms with Gasteiger partial charge in [0, 0.05) is 0 Å². The zero-order valence-electron chi connectivity index (χ0n) is 14.6. The van der Waals surface area contributed by atoms with E-state index < -0.39 is 0 Å². The highest BCUT2D eigenvalue weighted by Crippen LogP contribution is 2.24. The molecule has 3 aromatic rings. The van der Waals surface area contributed by atoms with Crippen LogP contribution in [-0.4, -0.2) is 0 Å². The minimum absolute atomic E-state index is 0.482. The van der Waals surface area contributed by atoms with E-state index in [2.05, 4.69) is 99.1 Å². The van der Waals surface area contributed by atoms with Crippen molar-refractivity contribution < 1.29 is 0 Å². The number of benzene rings is 3. The second kappa shape index (κ2) is 7.97. The minimum Gasteiger partial charge on any atom is -0.0622 e. The van der Waals surface area contributed by atoms with Gasteiger partial charge in [0.1, 0.15) is 0 Å². The van der Waals surface area contributed by atoms with Crippen molar-refractivity contribution in [1.82, 2.24) is 0 Å². The van der Waals surface area contributed by atoms with Crippen molar-refractivity contribution in [1.29, 1.82) is 0 Å². The predicted molar refractivity (Wildman–Crippen MR) is 103 cm³/mol. The molecule has 1 unspecified atom stereocenters. The Morgan fingerprint density at radius 3 is 1.54 bits per heavy atom. The van der Waals surface area contributed by atoms with Crippen molar-refractivity contribution in [3.63, 3.8) is 0 Å². The van der Waals surface area contributed by atoms with Crippen LogP contribution in [-0.2, 0) is 12.8 Å². The first-order valence-corrected chi connectivity index (χ1v) is 8.74. The van der Waals surface area contributed by atoms with Crippen molar-refractivity contribution >= 4 is 0 Å². The zero-order chi connectivity index (χ0) is 16.8. The average molecular weight is 313 g/mol. The molecule has 0 saturated heterocycles. The maximum Gasteiger partial charge on any atom is -0.00256 e. The van der Waals surface area contributed by atoms with Crippen molar-refractivity contribution in [2.45, 2.75) is 32.6 Å². The van der Waals surface area contributed by atoms with Gasteiger partial charge in [-0.3, -0.25) is 0 Å². The van der Waals surface area contributed by atoms with E-state index in [0.717, 1.165) is 12.8 Å². The van der Waals surface area contributed by atoms with Gasteiger partial charge in [0.25, 0.3) is 0 Å². The van der Waals surface area contributed by atoms with Gasteiger partial charge in [-0.15, -0.1) is 0 Å². The molecule has 3 rings (SSSR count). The molecule has 0 aromatic heterocycles. The first-order valence-electron chi connectivity index (χ1n) is 8.74. The lowest BCUT2D eigenvalue weighted by atomic mass is 9.91. The molecular weight excluding hydrogens is 288 g/mol. The minimum atomic E-state index is 0.482. The summed E-state index contributed by atoms with van der Waals surface area (Å²) in [6, 6.07) is 28.6. The van der Waals surface area contributed by atoms with Gasteiger partial charge in [0.15, 0.2) is 0 Å². The van der Waals surface area contributed by atoms with E-state index in [-0.39, 0.29) is 0 Å². The van der Waals surface area contributed by atoms with E-state index >= 15 is 0 Å². The Bertz CT molecular complexity index is 697. The average Bonchev–Trinajstić information content (AvgIpc) is 2.62. The van der Waals surface area contributed by atoms with Gasteiger partial charge >= 0.3 is 0 Å². The van der Waals surface area contributed by atoms with E-state index in [9.17, 15) is 0 Å². The highest BCUT2D eigenvalue weighted by molar-refractivity contribution is 5.38. The molecule has 0 aliphatic rings. The van der Waals surface area contributed by atoms with Crippen molar-refractivity contribution in [3.8, 4) is 0 Å². The summed E-state index contributed by atoms with van der Waals surface area (Å²) < 4.78 is 0. The fourth-order valence-corrected chi connectivity index (χ4v) is 3.11. The Kier molecular flexibility index (Phi) is 5.48. The van der Waals surface area contributed by atoms with Crippen LogP contribution in [0.1, 0.15) is 47.6 Å². The van der Waals surface area contributed by atoms with Gasteiger partial charge in [-0.05, 0) is 53.0 Å². The van der Waals surface area contributed by atoms with Crippen molar-refractivity contribution in [3.05, 3.63) is 113 Å². The van der Waals surface area contributed by atoms with Gasteiger partial charge in [0.05, 0.1) is 0 Å². The van der Waals surface area contributed by atoms with E-state index in [0.29, 0.717) is 5.92 Å². The smallest absolute Gasteiger partial charge is 0.00256 e. The summed E-state index contributed by atoms with van der Waals surface area (Å²) in [6.45, 7) is 4.42. The number of hydrogen-bond acceptors (Lipinski definition) is 0. The van der Waals surface area contributed by atoms with E-state index in [1.807, 2.05) is 0 Å². The molecule has 0 bridgehead atoms. The largest absolute Gasteiger partial charge is 0.0622 e. The molecule has 0 N–H and O–H groups in total. The first kappa shape index (κ1) is 16.5. The molecule has 0 aliphatic heterocycles. The topological polar surface area (TPSA) is 0 Å². The quantitative estimate of drug-likeness (QED) is 0.508. The van der Waals surface area contributed by atoms with Gasteiger partial charge in [-0.25, -0.2) is 0 Å². The summed E-state index contributed by atoms with van der Waals surface area (Å²) in [7, 11) is 0. The Morgan fingerprint density at radius 2 is 1.12 bits per heavy atom. The van der Waals surface area contributed by atoms with Crippen LogP contribution in [0.3, 0.4) is 0 Å². The maximum absolute atomic E-state index is 2.37. The molecule has 1 radical (unpaired) electrons. The Hall–Kier alpha value is -2.34. The second-order valence-corrected chi connectivity index (χ2v) is 6.53. The molecule has 0 nitrogen and oxygen atoms in total. The highest BCUT2D eigenvalue weighted by atomic mass is 14.1. The van der Waals surface area contributed by atoms with Crippen molar-refractivity contribution in [2.75, 3.05) is 0 Å². The molecule has 3 aromatic carbocycles. The molecular formula is C24H25. The van der Waals surface area contributed by atoms with E-state index in [1.54, 1.807) is 0 Å². The fraction of sp³-hybridized carbons (Fsp3) is 0.208. The molecule has 0 heterocycles. The highest BCUT2D eigenvalue weighted by Gasteiger charge is 2.08.